The zero-order chi connectivity index (χ0) is 14.0. The number of carboxylic acid groups (broad SMARTS) is 1. The Labute approximate surface area is 107 Å². The van der Waals surface area contributed by atoms with E-state index in [0.29, 0.717) is 0 Å². The molecule has 7 heteroatoms. The Morgan fingerprint density at radius 3 is 2.53 bits per heavy atom. The van der Waals surface area contributed by atoms with Gasteiger partial charge in [0, 0.05) is 12.6 Å². The maximum absolute atomic E-state index is 12.7. The number of anilines is 1. The minimum absolute atomic E-state index is 0.0873. The first kappa shape index (κ1) is 12.7. The number of aromatic nitrogens is 2. The number of carbonyl (C=O) groups excluding carboxylic acids is 1. The number of nitrogens with one attached hydrogen (secondary N) is 1. The third kappa shape index (κ3) is 2.59. The van der Waals surface area contributed by atoms with Crippen molar-refractivity contribution in [2.75, 3.05) is 5.32 Å². The Morgan fingerprint density at radius 2 is 1.95 bits per heavy atom. The van der Waals surface area contributed by atoms with E-state index >= 15 is 0 Å². The van der Waals surface area contributed by atoms with E-state index in [9.17, 15) is 14.0 Å². The fourth-order valence-electron chi connectivity index (χ4n) is 1.58. The van der Waals surface area contributed by atoms with Gasteiger partial charge in [0.2, 0.25) is 0 Å². The van der Waals surface area contributed by atoms with E-state index in [-0.39, 0.29) is 16.9 Å². The fraction of sp³-hybridized carbons (Fsp3) is 0.0833. The standard InChI is InChI=1S/C12H10FN3O3/c1-16-10(12(18)19)9(6-14-16)15-11(17)7-2-4-8(13)5-3-7/h2-6H,1H3,(H,15,17)(H,18,19). The van der Waals surface area contributed by atoms with Gasteiger partial charge in [0.15, 0.2) is 5.69 Å². The van der Waals surface area contributed by atoms with Crippen LogP contribution in [0.2, 0.25) is 0 Å². The second-order valence-electron chi connectivity index (χ2n) is 3.80. The molecule has 0 unspecified atom stereocenters. The molecule has 98 valence electrons. The van der Waals surface area contributed by atoms with E-state index in [2.05, 4.69) is 10.4 Å². The van der Waals surface area contributed by atoms with Crippen molar-refractivity contribution in [3.8, 4) is 0 Å². The van der Waals surface area contributed by atoms with E-state index in [0.717, 1.165) is 16.8 Å². The first-order chi connectivity index (χ1) is 8.99. The number of carboxylic acids is 1. The van der Waals surface area contributed by atoms with Crippen LogP contribution in [0.4, 0.5) is 10.1 Å². The molecule has 1 heterocycles. The summed E-state index contributed by atoms with van der Waals surface area (Å²) < 4.78 is 13.9. The van der Waals surface area contributed by atoms with Crippen molar-refractivity contribution in [1.82, 2.24) is 9.78 Å². The Morgan fingerprint density at radius 1 is 1.32 bits per heavy atom. The van der Waals surface area contributed by atoms with Crippen molar-refractivity contribution in [2.24, 2.45) is 7.05 Å². The maximum Gasteiger partial charge on any atom is 0.356 e. The summed E-state index contributed by atoms with van der Waals surface area (Å²) >= 11 is 0. The lowest BCUT2D eigenvalue weighted by Gasteiger charge is -2.04. The van der Waals surface area contributed by atoms with Crippen molar-refractivity contribution in [3.63, 3.8) is 0 Å². The van der Waals surface area contributed by atoms with Crippen LogP contribution < -0.4 is 5.32 Å². The van der Waals surface area contributed by atoms with Gasteiger partial charge in [-0.3, -0.25) is 9.48 Å². The van der Waals surface area contributed by atoms with Gasteiger partial charge in [-0.2, -0.15) is 5.10 Å². The SMILES string of the molecule is Cn1ncc(NC(=O)c2ccc(F)cc2)c1C(=O)O. The van der Waals surface area contributed by atoms with Gasteiger partial charge in [0.1, 0.15) is 5.82 Å². The normalized spacial score (nSPS) is 10.2. The van der Waals surface area contributed by atoms with E-state index in [1.807, 2.05) is 0 Å². The molecule has 0 saturated heterocycles. The molecule has 1 amide bonds. The topological polar surface area (TPSA) is 84.2 Å². The molecule has 0 saturated carbocycles. The summed E-state index contributed by atoms with van der Waals surface area (Å²) in [7, 11) is 1.46. The number of amides is 1. The minimum atomic E-state index is -1.20. The molecule has 2 N–H and O–H groups in total. The van der Waals surface area contributed by atoms with Crippen molar-refractivity contribution in [3.05, 3.63) is 47.5 Å². The largest absolute Gasteiger partial charge is 0.476 e. The molecular formula is C12H10FN3O3. The molecule has 19 heavy (non-hydrogen) atoms. The molecular weight excluding hydrogens is 253 g/mol. The number of carbonyl (C=O) groups is 2. The Bertz CT molecular complexity index is 634. The monoisotopic (exact) mass is 263 g/mol. The highest BCUT2D eigenvalue weighted by Crippen LogP contribution is 2.15. The third-order valence-electron chi connectivity index (χ3n) is 2.50. The lowest BCUT2D eigenvalue weighted by molar-refractivity contribution is 0.0686. The molecule has 2 rings (SSSR count). The van der Waals surface area contributed by atoms with Gasteiger partial charge < -0.3 is 10.4 Å². The number of halogens is 1. The quantitative estimate of drug-likeness (QED) is 0.879. The summed E-state index contributed by atoms with van der Waals surface area (Å²) in [6.07, 6.45) is 1.24. The van der Waals surface area contributed by atoms with Crippen LogP contribution in [0.15, 0.2) is 30.5 Å². The number of nitrogens with zero attached hydrogens (tertiary/aromatic N) is 2. The number of aromatic carboxylic acids is 1. The Kier molecular flexibility index (Phi) is 3.28. The highest BCUT2D eigenvalue weighted by molar-refractivity contribution is 6.07. The summed E-state index contributed by atoms with van der Waals surface area (Å²) in [6, 6.07) is 4.91. The average Bonchev–Trinajstić information content (AvgIpc) is 2.71. The first-order valence-corrected chi connectivity index (χ1v) is 5.31. The average molecular weight is 263 g/mol. The lowest BCUT2D eigenvalue weighted by atomic mass is 10.2. The van der Waals surface area contributed by atoms with Gasteiger partial charge >= 0.3 is 5.97 Å². The first-order valence-electron chi connectivity index (χ1n) is 5.31. The van der Waals surface area contributed by atoms with E-state index in [4.69, 9.17) is 5.11 Å². The summed E-state index contributed by atoms with van der Waals surface area (Å²) in [6.45, 7) is 0. The molecule has 0 fully saturated rings. The van der Waals surface area contributed by atoms with Crippen molar-refractivity contribution >= 4 is 17.6 Å². The molecule has 1 aromatic heterocycles. The second kappa shape index (κ2) is 4.89. The van der Waals surface area contributed by atoms with Crippen LogP contribution in [0.5, 0.6) is 0 Å². The smallest absolute Gasteiger partial charge is 0.356 e. The molecule has 0 bridgehead atoms. The van der Waals surface area contributed by atoms with Crippen molar-refractivity contribution in [1.29, 1.82) is 0 Å². The lowest BCUT2D eigenvalue weighted by Crippen LogP contribution is -2.15. The van der Waals surface area contributed by atoms with E-state index in [1.54, 1.807) is 0 Å². The molecule has 6 nitrogen and oxygen atoms in total. The zero-order valence-electron chi connectivity index (χ0n) is 9.92. The molecule has 0 spiro atoms. The highest BCUT2D eigenvalue weighted by Gasteiger charge is 2.18. The summed E-state index contributed by atoms with van der Waals surface area (Å²) in [5.74, 6) is -2.19. The molecule has 0 aliphatic rings. The zero-order valence-corrected chi connectivity index (χ0v) is 9.92. The van der Waals surface area contributed by atoms with Crippen LogP contribution in [-0.2, 0) is 7.05 Å². The molecule has 0 atom stereocenters. The molecule has 1 aromatic carbocycles. The number of aryl methyl sites for hydroxylation is 1. The second-order valence-corrected chi connectivity index (χ2v) is 3.80. The number of hydrogen-bond donors (Lipinski definition) is 2. The molecule has 0 aliphatic carbocycles. The van der Waals surface area contributed by atoms with Crippen LogP contribution in [0, 0.1) is 5.82 Å². The molecule has 0 aliphatic heterocycles. The van der Waals surface area contributed by atoms with E-state index < -0.39 is 17.7 Å². The third-order valence-corrected chi connectivity index (χ3v) is 2.50. The fourth-order valence-corrected chi connectivity index (χ4v) is 1.58. The number of rotatable bonds is 3. The Hall–Kier alpha value is -2.70. The summed E-state index contributed by atoms with van der Waals surface area (Å²) in [5.41, 5.74) is 0.182. The predicted molar refractivity (Wildman–Crippen MR) is 64.5 cm³/mol. The molecule has 2 aromatic rings. The Balaban J connectivity index is 2.24. The summed E-state index contributed by atoms with van der Waals surface area (Å²) in [5, 5.41) is 15.2. The van der Waals surface area contributed by atoms with Gasteiger partial charge in [0.05, 0.1) is 11.9 Å². The highest BCUT2D eigenvalue weighted by atomic mass is 19.1. The number of benzene rings is 1. The van der Waals surface area contributed by atoms with Gasteiger partial charge in [-0.15, -0.1) is 0 Å². The summed E-state index contributed by atoms with van der Waals surface area (Å²) in [4.78, 5) is 22.9. The predicted octanol–water partition coefficient (Wildman–Crippen LogP) is 1.51. The van der Waals surface area contributed by atoms with Crippen LogP contribution in [0.25, 0.3) is 0 Å². The maximum atomic E-state index is 12.7. The molecule has 0 radical (unpaired) electrons. The van der Waals surface area contributed by atoms with Gasteiger partial charge in [-0.1, -0.05) is 0 Å². The van der Waals surface area contributed by atoms with Gasteiger partial charge in [-0.25, -0.2) is 9.18 Å². The van der Waals surface area contributed by atoms with Crippen molar-refractivity contribution in [2.45, 2.75) is 0 Å². The van der Waals surface area contributed by atoms with Gasteiger partial charge in [-0.05, 0) is 24.3 Å². The van der Waals surface area contributed by atoms with E-state index in [1.165, 1.54) is 25.4 Å². The number of hydrogen-bond acceptors (Lipinski definition) is 3. The van der Waals surface area contributed by atoms with Crippen LogP contribution in [-0.4, -0.2) is 26.8 Å². The van der Waals surface area contributed by atoms with Crippen molar-refractivity contribution < 1.29 is 19.1 Å². The minimum Gasteiger partial charge on any atom is -0.476 e. The van der Waals surface area contributed by atoms with Crippen LogP contribution in [0.3, 0.4) is 0 Å². The van der Waals surface area contributed by atoms with Crippen LogP contribution >= 0.6 is 0 Å². The van der Waals surface area contributed by atoms with Gasteiger partial charge in [0.25, 0.3) is 5.91 Å². The van der Waals surface area contributed by atoms with Crippen LogP contribution in [0.1, 0.15) is 20.8 Å².